The van der Waals surface area contributed by atoms with Gasteiger partial charge in [-0.25, -0.2) is 15.0 Å². The van der Waals surface area contributed by atoms with Crippen molar-refractivity contribution in [2.45, 2.75) is 32.6 Å². The zero-order valence-electron chi connectivity index (χ0n) is 12.5. The molecule has 1 aliphatic carbocycles. The Bertz CT molecular complexity index is 642. The number of hydrogen-bond acceptors (Lipinski definition) is 5. The highest BCUT2D eigenvalue weighted by molar-refractivity contribution is 5.58. The van der Waals surface area contributed by atoms with Gasteiger partial charge in [-0.05, 0) is 31.7 Å². The first-order valence-corrected chi connectivity index (χ1v) is 7.47. The molecule has 0 amide bonds. The average molecular weight is 284 g/mol. The lowest BCUT2D eigenvalue weighted by molar-refractivity contribution is 0.398. The Kier molecular flexibility index (Phi) is 3.99. The van der Waals surface area contributed by atoms with Gasteiger partial charge in [0.2, 0.25) is 5.88 Å². The van der Waals surface area contributed by atoms with E-state index < -0.39 is 0 Å². The summed E-state index contributed by atoms with van der Waals surface area (Å²) in [6.45, 7) is 3.08. The molecule has 0 aromatic carbocycles. The van der Waals surface area contributed by atoms with Crippen molar-refractivity contribution in [1.82, 2.24) is 15.0 Å². The summed E-state index contributed by atoms with van der Waals surface area (Å²) in [7, 11) is 1.61. The van der Waals surface area contributed by atoms with Crippen LogP contribution in [0.1, 0.15) is 31.0 Å². The van der Waals surface area contributed by atoms with E-state index in [1.807, 2.05) is 18.2 Å². The number of nitrogens with zero attached hydrogens (tertiary/aromatic N) is 3. The fraction of sp³-hybridized carbons (Fsp3) is 0.438. The minimum absolute atomic E-state index is 0.583. The molecule has 2 aromatic rings. The van der Waals surface area contributed by atoms with Crippen molar-refractivity contribution in [3.63, 3.8) is 0 Å². The van der Waals surface area contributed by atoms with Crippen LogP contribution in [-0.2, 0) is 12.8 Å². The predicted octanol–water partition coefficient (Wildman–Crippen LogP) is 2.86. The number of ether oxygens (including phenoxy) is 1. The molecule has 0 atom stereocenters. The van der Waals surface area contributed by atoms with E-state index in [4.69, 9.17) is 9.72 Å². The van der Waals surface area contributed by atoms with E-state index in [-0.39, 0.29) is 0 Å². The van der Waals surface area contributed by atoms with Crippen LogP contribution >= 0.6 is 0 Å². The average Bonchev–Trinajstić information content (AvgIpc) is 3.01. The molecular formula is C16H20N4O. The molecule has 21 heavy (non-hydrogen) atoms. The van der Waals surface area contributed by atoms with E-state index in [0.717, 1.165) is 49.4 Å². The van der Waals surface area contributed by atoms with E-state index in [9.17, 15) is 0 Å². The molecule has 0 saturated heterocycles. The Morgan fingerprint density at radius 2 is 2.10 bits per heavy atom. The first kappa shape index (κ1) is 13.8. The van der Waals surface area contributed by atoms with Crippen LogP contribution in [0.3, 0.4) is 0 Å². The van der Waals surface area contributed by atoms with E-state index in [1.54, 1.807) is 7.11 Å². The van der Waals surface area contributed by atoms with Crippen LogP contribution in [0.2, 0.25) is 0 Å². The van der Waals surface area contributed by atoms with Crippen LogP contribution < -0.4 is 10.1 Å². The number of aromatic nitrogens is 3. The van der Waals surface area contributed by atoms with Crippen molar-refractivity contribution >= 4 is 5.82 Å². The number of hydrogen-bond donors (Lipinski definition) is 1. The summed E-state index contributed by atoms with van der Waals surface area (Å²) >= 11 is 0. The molecule has 110 valence electrons. The van der Waals surface area contributed by atoms with Gasteiger partial charge in [-0.1, -0.05) is 13.0 Å². The lowest BCUT2D eigenvalue weighted by Gasteiger charge is -2.11. The van der Waals surface area contributed by atoms with Crippen molar-refractivity contribution in [1.29, 1.82) is 0 Å². The molecule has 3 rings (SSSR count). The van der Waals surface area contributed by atoms with Gasteiger partial charge in [-0.2, -0.15) is 0 Å². The fourth-order valence-corrected chi connectivity index (χ4v) is 2.59. The molecule has 0 radical (unpaired) electrons. The Hall–Kier alpha value is -2.17. The van der Waals surface area contributed by atoms with Crippen molar-refractivity contribution < 1.29 is 4.74 Å². The first-order chi connectivity index (χ1) is 10.3. The smallest absolute Gasteiger partial charge is 0.213 e. The summed E-state index contributed by atoms with van der Waals surface area (Å²) in [5.74, 6) is 2.23. The molecule has 5 nitrogen and oxygen atoms in total. The topological polar surface area (TPSA) is 59.9 Å². The Morgan fingerprint density at radius 1 is 1.19 bits per heavy atom. The predicted molar refractivity (Wildman–Crippen MR) is 82.6 cm³/mol. The molecule has 2 heterocycles. The summed E-state index contributed by atoms with van der Waals surface area (Å²) in [5, 5.41) is 3.42. The highest BCUT2D eigenvalue weighted by Gasteiger charge is 2.20. The van der Waals surface area contributed by atoms with E-state index in [2.05, 4.69) is 22.2 Å². The van der Waals surface area contributed by atoms with Crippen LogP contribution in [0.4, 0.5) is 5.82 Å². The molecule has 1 aliphatic rings. The largest absolute Gasteiger partial charge is 0.481 e. The van der Waals surface area contributed by atoms with E-state index in [0.29, 0.717) is 11.7 Å². The zero-order valence-corrected chi connectivity index (χ0v) is 12.5. The second-order valence-corrected chi connectivity index (χ2v) is 5.17. The van der Waals surface area contributed by atoms with Crippen molar-refractivity contribution in [2.24, 2.45) is 0 Å². The number of pyridine rings is 1. The maximum absolute atomic E-state index is 5.18. The van der Waals surface area contributed by atoms with Crippen molar-refractivity contribution in [3.05, 3.63) is 29.5 Å². The lowest BCUT2D eigenvalue weighted by Crippen LogP contribution is -2.08. The summed E-state index contributed by atoms with van der Waals surface area (Å²) in [6, 6.07) is 5.66. The summed E-state index contributed by atoms with van der Waals surface area (Å²) in [4.78, 5) is 13.8. The van der Waals surface area contributed by atoms with Gasteiger partial charge in [-0.15, -0.1) is 0 Å². The molecule has 5 heteroatoms. The third-order valence-electron chi connectivity index (χ3n) is 3.64. The molecule has 0 fully saturated rings. The third kappa shape index (κ3) is 2.82. The number of methoxy groups -OCH3 is 1. The molecule has 0 aliphatic heterocycles. The molecular weight excluding hydrogens is 264 g/mol. The zero-order chi connectivity index (χ0) is 14.7. The number of fused-ring (bicyclic) bond motifs is 1. The monoisotopic (exact) mass is 284 g/mol. The van der Waals surface area contributed by atoms with Crippen molar-refractivity contribution in [2.75, 3.05) is 19.0 Å². The van der Waals surface area contributed by atoms with Crippen LogP contribution in [0.15, 0.2) is 18.2 Å². The third-order valence-corrected chi connectivity index (χ3v) is 3.64. The Labute approximate surface area is 124 Å². The normalized spacial score (nSPS) is 13.0. The van der Waals surface area contributed by atoms with Gasteiger partial charge in [0.15, 0.2) is 5.82 Å². The molecule has 0 bridgehead atoms. The fourth-order valence-electron chi connectivity index (χ4n) is 2.59. The standard InChI is InChI=1S/C16H20N4O/c1-3-10-17-15-11-6-4-7-12(11)19-16(20-15)13-8-5-9-14(18-13)21-2/h5,8-9H,3-4,6-7,10H2,1-2H3,(H,17,19,20). The van der Waals surface area contributed by atoms with Gasteiger partial charge >= 0.3 is 0 Å². The number of rotatable bonds is 5. The maximum Gasteiger partial charge on any atom is 0.213 e. The highest BCUT2D eigenvalue weighted by Crippen LogP contribution is 2.29. The van der Waals surface area contributed by atoms with E-state index in [1.165, 1.54) is 5.56 Å². The lowest BCUT2D eigenvalue weighted by atomic mass is 10.2. The molecule has 0 spiro atoms. The van der Waals surface area contributed by atoms with Gasteiger partial charge in [0.05, 0.1) is 7.11 Å². The SMILES string of the molecule is CCCNc1nc(-c2cccc(OC)n2)nc2c1CCC2. The molecule has 1 N–H and O–H groups in total. The van der Waals surface area contributed by atoms with E-state index >= 15 is 0 Å². The number of aryl methyl sites for hydroxylation is 1. The van der Waals surface area contributed by atoms with Gasteiger partial charge in [0.1, 0.15) is 11.5 Å². The number of nitrogens with one attached hydrogen (secondary N) is 1. The summed E-state index contributed by atoms with van der Waals surface area (Å²) in [5.41, 5.74) is 3.18. The molecule has 0 saturated carbocycles. The van der Waals surface area contributed by atoms with Gasteiger partial charge in [-0.3, -0.25) is 0 Å². The highest BCUT2D eigenvalue weighted by atomic mass is 16.5. The Balaban J connectivity index is 2.02. The van der Waals surface area contributed by atoms with Gasteiger partial charge in [0, 0.05) is 23.9 Å². The van der Waals surface area contributed by atoms with Crippen LogP contribution in [0, 0.1) is 0 Å². The minimum Gasteiger partial charge on any atom is -0.481 e. The van der Waals surface area contributed by atoms with Gasteiger partial charge in [0.25, 0.3) is 0 Å². The maximum atomic E-state index is 5.18. The summed E-state index contributed by atoms with van der Waals surface area (Å²) in [6.07, 6.45) is 4.31. The quantitative estimate of drug-likeness (QED) is 0.915. The minimum atomic E-state index is 0.583. The van der Waals surface area contributed by atoms with Crippen LogP contribution in [0.5, 0.6) is 5.88 Å². The second-order valence-electron chi connectivity index (χ2n) is 5.17. The first-order valence-electron chi connectivity index (χ1n) is 7.47. The van der Waals surface area contributed by atoms with Gasteiger partial charge < -0.3 is 10.1 Å². The van der Waals surface area contributed by atoms with Crippen LogP contribution in [-0.4, -0.2) is 28.6 Å². The molecule has 2 aromatic heterocycles. The number of anilines is 1. The van der Waals surface area contributed by atoms with Crippen molar-refractivity contribution in [3.8, 4) is 17.4 Å². The summed E-state index contributed by atoms with van der Waals surface area (Å²) < 4.78 is 5.18. The molecule has 0 unspecified atom stereocenters. The Morgan fingerprint density at radius 3 is 2.90 bits per heavy atom. The second kappa shape index (κ2) is 6.08. The van der Waals surface area contributed by atoms with Crippen LogP contribution in [0.25, 0.3) is 11.5 Å².